The van der Waals surface area contributed by atoms with Crippen molar-refractivity contribution in [2.45, 2.75) is 13.8 Å². The number of rotatable bonds is 3. The average molecular weight is 424 g/mol. The van der Waals surface area contributed by atoms with E-state index >= 15 is 0 Å². The molecular formula is C26H21N3OS. The maximum atomic E-state index is 11.2. The summed E-state index contributed by atoms with van der Waals surface area (Å²) < 4.78 is 1.80. The maximum absolute atomic E-state index is 11.2. The molecule has 152 valence electrons. The molecule has 0 unspecified atom stereocenters. The van der Waals surface area contributed by atoms with Gasteiger partial charge >= 0.3 is 0 Å². The zero-order chi connectivity index (χ0) is 21.4. The molecule has 31 heavy (non-hydrogen) atoms. The molecule has 1 N–H and O–H groups in total. The van der Waals surface area contributed by atoms with Crippen molar-refractivity contribution >= 4 is 29.2 Å². The van der Waals surface area contributed by atoms with Gasteiger partial charge in [-0.3, -0.25) is 9.56 Å². The Balaban J connectivity index is 1.71. The van der Waals surface area contributed by atoms with Crippen LogP contribution in [-0.4, -0.2) is 9.67 Å². The molecule has 2 heterocycles. The standard InChI is InChI=1S/C26H21N3OS/c1-17-3-8-21(9-4-17)28-26-29(22-10-5-18(2)6-11-22)25(30)24(31-26)16-19-7-12-23-20(15-19)13-14-27-23/h3-16,30H,1-2H3/b19-16+,28-26?. The highest BCUT2D eigenvalue weighted by Crippen LogP contribution is 2.26. The lowest BCUT2D eigenvalue weighted by Crippen LogP contribution is -2.11. The Labute approximate surface area is 184 Å². The zero-order valence-electron chi connectivity index (χ0n) is 17.3. The van der Waals surface area contributed by atoms with Crippen LogP contribution in [0.15, 0.2) is 82.9 Å². The van der Waals surface area contributed by atoms with Crippen molar-refractivity contribution in [1.82, 2.24) is 4.57 Å². The molecule has 3 aromatic carbocycles. The summed E-state index contributed by atoms with van der Waals surface area (Å²) in [6.45, 7) is 4.10. The van der Waals surface area contributed by atoms with E-state index in [4.69, 9.17) is 4.99 Å². The Morgan fingerprint density at radius 1 is 0.935 bits per heavy atom. The van der Waals surface area contributed by atoms with Crippen molar-refractivity contribution in [1.29, 1.82) is 0 Å². The van der Waals surface area contributed by atoms with Gasteiger partial charge in [0.05, 0.1) is 21.6 Å². The first kappa shape index (κ1) is 19.3. The lowest BCUT2D eigenvalue weighted by Gasteiger charge is -2.06. The zero-order valence-corrected chi connectivity index (χ0v) is 18.1. The molecule has 1 aromatic heterocycles. The second kappa shape index (κ2) is 7.85. The number of hydrogen-bond acceptors (Lipinski definition) is 4. The minimum atomic E-state index is 0.181. The third-order valence-corrected chi connectivity index (χ3v) is 6.17. The van der Waals surface area contributed by atoms with Gasteiger partial charge in [-0.15, -0.1) is 0 Å². The highest BCUT2D eigenvalue weighted by Gasteiger charge is 2.13. The summed E-state index contributed by atoms with van der Waals surface area (Å²) in [7, 11) is 0. The number of hydrogen-bond donors (Lipinski definition) is 1. The Kier molecular flexibility index (Phi) is 4.88. The normalized spacial score (nSPS) is 13.5. The Hall–Kier alpha value is -3.70. The molecule has 0 aliphatic carbocycles. The van der Waals surface area contributed by atoms with Crippen LogP contribution in [0, 0.1) is 13.8 Å². The smallest absolute Gasteiger partial charge is 0.215 e. The number of aryl methyl sites for hydroxylation is 2. The molecule has 0 saturated heterocycles. The van der Waals surface area contributed by atoms with Crippen molar-refractivity contribution in [2.24, 2.45) is 9.98 Å². The highest BCUT2D eigenvalue weighted by atomic mass is 32.1. The summed E-state index contributed by atoms with van der Waals surface area (Å²) in [4.78, 5) is 10.6. The largest absolute Gasteiger partial charge is 0.493 e. The molecule has 0 saturated carbocycles. The molecule has 0 bridgehead atoms. The van der Waals surface area contributed by atoms with Gasteiger partial charge in [0.15, 0.2) is 4.80 Å². The number of benzene rings is 3. The number of fused-ring (bicyclic) bond motifs is 1. The van der Waals surface area contributed by atoms with Gasteiger partial charge in [0.2, 0.25) is 5.88 Å². The van der Waals surface area contributed by atoms with Gasteiger partial charge in [-0.25, -0.2) is 4.99 Å². The minimum Gasteiger partial charge on any atom is -0.493 e. The Morgan fingerprint density at radius 2 is 1.65 bits per heavy atom. The second-order valence-corrected chi connectivity index (χ2v) is 8.61. The number of thiazole rings is 1. The molecule has 0 atom stereocenters. The molecule has 0 amide bonds. The predicted octanol–water partition coefficient (Wildman–Crippen LogP) is 4.53. The van der Waals surface area contributed by atoms with E-state index in [1.165, 1.54) is 22.5 Å². The van der Waals surface area contributed by atoms with Gasteiger partial charge in [0.1, 0.15) is 0 Å². The molecule has 1 aliphatic rings. The molecule has 4 aromatic rings. The molecule has 1 aliphatic heterocycles. The number of nitrogens with zero attached hydrogens (tertiary/aromatic N) is 3. The minimum absolute atomic E-state index is 0.181. The molecule has 5 rings (SSSR count). The van der Waals surface area contributed by atoms with Gasteiger partial charge in [-0.2, -0.15) is 0 Å². The number of aromatic nitrogens is 1. The van der Waals surface area contributed by atoms with E-state index < -0.39 is 0 Å². The first-order chi connectivity index (χ1) is 15.1. The van der Waals surface area contributed by atoms with Crippen molar-refractivity contribution in [3.05, 3.63) is 110 Å². The van der Waals surface area contributed by atoms with Crippen molar-refractivity contribution in [2.75, 3.05) is 0 Å². The van der Waals surface area contributed by atoms with Crippen molar-refractivity contribution in [3.63, 3.8) is 0 Å². The Morgan fingerprint density at radius 3 is 2.39 bits per heavy atom. The highest BCUT2D eigenvalue weighted by molar-refractivity contribution is 7.10. The Bertz CT molecular complexity index is 1490. The van der Waals surface area contributed by atoms with Crippen LogP contribution >= 0.6 is 11.3 Å². The summed E-state index contributed by atoms with van der Waals surface area (Å²) in [5.41, 5.74) is 5.16. The van der Waals surface area contributed by atoms with Gasteiger partial charge in [-0.1, -0.05) is 52.8 Å². The summed E-state index contributed by atoms with van der Waals surface area (Å²) in [5, 5.41) is 13.1. The van der Waals surface area contributed by atoms with Crippen LogP contribution in [0.5, 0.6) is 5.88 Å². The third-order valence-electron chi connectivity index (χ3n) is 5.19. The lowest BCUT2D eigenvalue weighted by atomic mass is 10.2. The topological polar surface area (TPSA) is 49.9 Å². The lowest BCUT2D eigenvalue weighted by molar-refractivity contribution is 0.439. The molecule has 0 fully saturated rings. The first-order valence-electron chi connectivity index (χ1n) is 10.1. The monoisotopic (exact) mass is 423 g/mol. The van der Waals surface area contributed by atoms with Crippen molar-refractivity contribution < 1.29 is 5.11 Å². The molecule has 4 nitrogen and oxygen atoms in total. The summed E-state index contributed by atoms with van der Waals surface area (Å²) >= 11 is 1.46. The predicted molar refractivity (Wildman–Crippen MR) is 126 cm³/mol. The van der Waals surface area contributed by atoms with Crippen LogP contribution in [-0.2, 0) is 0 Å². The average Bonchev–Trinajstić information content (AvgIpc) is 3.35. The molecular weight excluding hydrogens is 402 g/mol. The fourth-order valence-corrected chi connectivity index (χ4v) is 4.49. The first-order valence-corrected chi connectivity index (χ1v) is 10.9. The van der Waals surface area contributed by atoms with Gasteiger partial charge in [0, 0.05) is 11.8 Å². The maximum Gasteiger partial charge on any atom is 0.215 e. The quantitative estimate of drug-likeness (QED) is 0.517. The van der Waals surface area contributed by atoms with E-state index in [2.05, 4.69) is 18.0 Å². The number of aromatic hydroxyl groups is 1. The summed E-state index contributed by atoms with van der Waals surface area (Å²) in [6.07, 6.45) is 5.79. The van der Waals surface area contributed by atoms with E-state index in [9.17, 15) is 5.11 Å². The van der Waals surface area contributed by atoms with E-state index in [0.717, 1.165) is 32.4 Å². The summed E-state index contributed by atoms with van der Waals surface area (Å²) in [5.74, 6) is 0.181. The van der Waals surface area contributed by atoms with E-state index in [1.807, 2.05) is 79.7 Å². The van der Waals surface area contributed by atoms with E-state index in [0.29, 0.717) is 4.80 Å². The fourth-order valence-electron chi connectivity index (χ4n) is 3.48. The van der Waals surface area contributed by atoms with Gasteiger partial charge < -0.3 is 5.11 Å². The van der Waals surface area contributed by atoms with Gasteiger partial charge in [-0.05, 0) is 67.6 Å². The second-order valence-electron chi connectivity index (χ2n) is 7.60. The molecule has 0 radical (unpaired) electrons. The van der Waals surface area contributed by atoms with Gasteiger partial charge in [0.25, 0.3) is 0 Å². The van der Waals surface area contributed by atoms with Crippen LogP contribution in [0.25, 0.3) is 17.8 Å². The van der Waals surface area contributed by atoms with Crippen LogP contribution < -0.4 is 15.4 Å². The van der Waals surface area contributed by atoms with Crippen LogP contribution in [0.2, 0.25) is 0 Å². The third kappa shape index (κ3) is 3.88. The van der Waals surface area contributed by atoms with E-state index in [-0.39, 0.29) is 5.88 Å². The van der Waals surface area contributed by atoms with Crippen LogP contribution in [0.4, 0.5) is 5.69 Å². The summed E-state index contributed by atoms with van der Waals surface area (Å²) in [6, 6.07) is 22.2. The van der Waals surface area contributed by atoms with Crippen LogP contribution in [0.3, 0.4) is 0 Å². The van der Waals surface area contributed by atoms with E-state index in [1.54, 1.807) is 10.8 Å². The molecule has 0 spiro atoms. The molecule has 5 heteroatoms. The fraction of sp³-hybridized carbons (Fsp3) is 0.0769. The SMILES string of the molecule is Cc1ccc(N=c2sc(/C=c3\ccc4c(c3)C=CN=4)c(O)n2-c2ccc(C)cc2)cc1. The van der Waals surface area contributed by atoms with Crippen molar-refractivity contribution in [3.8, 4) is 11.6 Å². The van der Waals surface area contributed by atoms with Crippen LogP contribution in [0.1, 0.15) is 21.6 Å².